The SMILES string of the molecule is COCC(OC)N(Cc1ccccc1)S(C)(=O)=O. The van der Waals surface area contributed by atoms with Gasteiger partial charge in [0.1, 0.15) is 6.23 Å². The largest absolute Gasteiger partial charge is 0.381 e. The Bertz CT molecular complexity index is 446. The van der Waals surface area contributed by atoms with E-state index in [0.29, 0.717) is 0 Å². The van der Waals surface area contributed by atoms with Crippen molar-refractivity contribution in [2.75, 3.05) is 27.1 Å². The van der Waals surface area contributed by atoms with Crippen LogP contribution in [-0.4, -0.2) is 46.0 Å². The van der Waals surface area contributed by atoms with Crippen molar-refractivity contribution >= 4 is 10.0 Å². The number of rotatable bonds is 7. The summed E-state index contributed by atoms with van der Waals surface area (Å²) < 4.78 is 35.0. The molecule has 0 aliphatic carbocycles. The molecule has 1 aromatic rings. The third-order valence-electron chi connectivity index (χ3n) is 2.51. The van der Waals surface area contributed by atoms with Gasteiger partial charge in [-0.2, -0.15) is 4.31 Å². The van der Waals surface area contributed by atoms with Gasteiger partial charge in [0, 0.05) is 20.8 Å². The number of nitrogens with zero attached hydrogens (tertiary/aromatic N) is 1. The predicted octanol–water partition coefficient (Wildman–Crippen LogP) is 1.07. The molecule has 0 saturated carbocycles. The zero-order valence-corrected chi connectivity index (χ0v) is 11.7. The number of ether oxygens (including phenoxy) is 2. The van der Waals surface area contributed by atoms with Crippen LogP contribution in [0.1, 0.15) is 5.56 Å². The highest BCUT2D eigenvalue weighted by molar-refractivity contribution is 7.88. The lowest BCUT2D eigenvalue weighted by Gasteiger charge is -2.27. The molecule has 0 radical (unpaired) electrons. The van der Waals surface area contributed by atoms with Crippen LogP contribution in [0, 0.1) is 0 Å². The normalized spacial score (nSPS) is 13.8. The van der Waals surface area contributed by atoms with Gasteiger partial charge >= 0.3 is 0 Å². The van der Waals surface area contributed by atoms with E-state index in [0.717, 1.165) is 11.8 Å². The molecule has 5 nitrogen and oxygen atoms in total. The third kappa shape index (κ3) is 4.38. The highest BCUT2D eigenvalue weighted by Gasteiger charge is 2.26. The molecule has 0 aliphatic rings. The van der Waals surface area contributed by atoms with Crippen molar-refractivity contribution in [3.8, 4) is 0 Å². The van der Waals surface area contributed by atoms with E-state index in [4.69, 9.17) is 9.47 Å². The van der Waals surface area contributed by atoms with Gasteiger partial charge in [-0.1, -0.05) is 30.3 Å². The number of hydrogen-bond donors (Lipinski definition) is 0. The molecule has 0 heterocycles. The van der Waals surface area contributed by atoms with Crippen molar-refractivity contribution in [1.82, 2.24) is 4.31 Å². The molecule has 18 heavy (non-hydrogen) atoms. The summed E-state index contributed by atoms with van der Waals surface area (Å²) in [5, 5.41) is 0. The highest BCUT2D eigenvalue weighted by Crippen LogP contribution is 2.13. The Morgan fingerprint density at radius 1 is 1.22 bits per heavy atom. The Labute approximate surface area is 108 Å². The molecule has 1 atom stereocenters. The first-order valence-electron chi connectivity index (χ1n) is 5.51. The van der Waals surface area contributed by atoms with Crippen molar-refractivity contribution in [3.05, 3.63) is 35.9 Å². The lowest BCUT2D eigenvalue weighted by atomic mass is 10.2. The summed E-state index contributed by atoms with van der Waals surface area (Å²) in [6.45, 7) is 0.456. The fraction of sp³-hybridized carbons (Fsp3) is 0.500. The molecule has 102 valence electrons. The van der Waals surface area contributed by atoms with Crippen LogP contribution in [0.3, 0.4) is 0 Å². The lowest BCUT2D eigenvalue weighted by molar-refractivity contribution is -0.0394. The lowest BCUT2D eigenvalue weighted by Crippen LogP contribution is -2.42. The van der Waals surface area contributed by atoms with E-state index in [2.05, 4.69) is 0 Å². The maximum atomic E-state index is 11.8. The Balaban J connectivity index is 2.92. The molecule has 1 unspecified atom stereocenters. The van der Waals surface area contributed by atoms with E-state index in [9.17, 15) is 8.42 Å². The molecular formula is C12H19NO4S. The second-order valence-electron chi connectivity index (χ2n) is 3.94. The minimum absolute atomic E-state index is 0.191. The third-order valence-corrected chi connectivity index (χ3v) is 3.73. The Hall–Kier alpha value is -0.950. The minimum atomic E-state index is -3.37. The van der Waals surface area contributed by atoms with E-state index >= 15 is 0 Å². The van der Waals surface area contributed by atoms with Crippen LogP contribution in [0.4, 0.5) is 0 Å². The summed E-state index contributed by atoms with van der Waals surface area (Å²) in [6.07, 6.45) is 0.544. The van der Waals surface area contributed by atoms with Gasteiger partial charge < -0.3 is 9.47 Å². The summed E-state index contributed by atoms with van der Waals surface area (Å²) in [5.41, 5.74) is 0.904. The molecule has 1 rings (SSSR count). The van der Waals surface area contributed by atoms with E-state index in [1.54, 1.807) is 0 Å². The van der Waals surface area contributed by atoms with Crippen LogP contribution in [0.15, 0.2) is 30.3 Å². The zero-order valence-electron chi connectivity index (χ0n) is 10.9. The molecule has 1 aromatic carbocycles. The smallest absolute Gasteiger partial charge is 0.213 e. The average Bonchev–Trinajstić information content (AvgIpc) is 2.33. The summed E-state index contributed by atoms with van der Waals surface area (Å²) >= 11 is 0. The fourth-order valence-electron chi connectivity index (χ4n) is 1.61. The Kier molecular flexibility index (Phi) is 5.74. The monoisotopic (exact) mass is 273 g/mol. The summed E-state index contributed by atoms with van der Waals surface area (Å²) in [7, 11) is -0.394. The van der Waals surface area contributed by atoms with Gasteiger partial charge in [-0.3, -0.25) is 0 Å². The fourth-order valence-corrected chi connectivity index (χ4v) is 2.56. The van der Waals surface area contributed by atoms with Crippen LogP contribution in [-0.2, 0) is 26.0 Å². The molecule has 0 spiro atoms. The summed E-state index contributed by atoms with van der Waals surface area (Å²) in [4.78, 5) is 0. The van der Waals surface area contributed by atoms with Gasteiger partial charge in [0.25, 0.3) is 0 Å². The summed E-state index contributed by atoms with van der Waals surface area (Å²) in [5.74, 6) is 0. The predicted molar refractivity (Wildman–Crippen MR) is 69.5 cm³/mol. The van der Waals surface area contributed by atoms with Crippen molar-refractivity contribution in [2.24, 2.45) is 0 Å². The first kappa shape index (κ1) is 15.1. The van der Waals surface area contributed by atoms with Gasteiger partial charge in [-0.05, 0) is 5.56 Å². The van der Waals surface area contributed by atoms with E-state index in [1.165, 1.54) is 18.5 Å². The van der Waals surface area contributed by atoms with Gasteiger partial charge in [-0.15, -0.1) is 0 Å². The van der Waals surface area contributed by atoms with Crippen molar-refractivity contribution in [3.63, 3.8) is 0 Å². The average molecular weight is 273 g/mol. The second kappa shape index (κ2) is 6.84. The Morgan fingerprint density at radius 2 is 1.83 bits per heavy atom. The number of sulfonamides is 1. The first-order chi connectivity index (χ1) is 8.49. The maximum Gasteiger partial charge on any atom is 0.213 e. The molecule has 0 fully saturated rings. The molecule has 6 heteroatoms. The number of methoxy groups -OCH3 is 2. The topological polar surface area (TPSA) is 55.8 Å². The van der Waals surface area contributed by atoms with E-state index < -0.39 is 16.3 Å². The van der Waals surface area contributed by atoms with E-state index in [-0.39, 0.29) is 13.2 Å². The minimum Gasteiger partial charge on any atom is -0.381 e. The quantitative estimate of drug-likeness (QED) is 0.697. The van der Waals surface area contributed by atoms with E-state index in [1.807, 2.05) is 30.3 Å². The van der Waals surface area contributed by atoms with Gasteiger partial charge in [0.2, 0.25) is 10.0 Å². The van der Waals surface area contributed by atoms with Crippen LogP contribution in [0.25, 0.3) is 0 Å². The van der Waals surface area contributed by atoms with Crippen molar-refractivity contribution in [2.45, 2.75) is 12.8 Å². The van der Waals surface area contributed by atoms with Crippen molar-refractivity contribution < 1.29 is 17.9 Å². The number of hydrogen-bond acceptors (Lipinski definition) is 4. The van der Waals surface area contributed by atoms with Crippen LogP contribution >= 0.6 is 0 Å². The standard InChI is InChI=1S/C12H19NO4S/c1-16-10-12(17-2)13(18(3,14)15)9-11-7-5-4-6-8-11/h4-8,12H,9-10H2,1-3H3. The molecule has 0 aromatic heterocycles. The molecule has 0 aliphatic heterocycles. The van der Waals surface area contributed by atoms with Crippen LogP contribution in [0.5, 0.6) is 0 Å². The first-order valence-corrected chi connectivity index (χ1v) is 7.36. The Morgan fingerprint density at radius 3 is 2.28 bits per heavy atom. The van der Waals surface area contributed by atoms with Gasteiger partial charge in [-0.25, -0.2) is 8.42 Å². The molecule has 0 bridgehead atoms. The van der Waals surface area contributed by atoms with Crippen molar-refractivity contribution in [1.29, 1.82) is 0 Å². The molecular weight excluding hydrogens is 254 g/mol. The van der Waals surface area contributed by atoms with Gasteiger partial charge in [0.05, 0.1) is 12.9 Å². The number of benzene rings is 1. The van der Waals surface area contributed by atoms with Gasteiger partial charge in [0.15, 0.2) is 0 Å². The zero-order chi connectivity index (χ0) is 13.6. The maximum absolute atomic E-state index is 11.8. The second-order valence-corrected chi connectivity index (χ2v) is 5.87. The highest BCUT2D eigenvalue weighted by atomic mass is 32.2. The summed E-state index contributed by atoms with van der Waals surface area (Å²) in [6, 6.07) is 9.37. The van der Waals surface area contributed by atoms with Crippen LogP contribution < -0.4 is 0 Å². The molecule has 0 amide bonds. The van der Waals surface area contributed by atoms with Crippen LogP contribution in [0.2, 0.25) is 0 Å². The molecule has 0 N–H and O–H groups in total. The molecule has 0 saturated heterocycles.